The van der Waals surface area contributed by atoms with E-state index in [0.717, 1.165) is 69.3 Å². The van der Waals surface area contributed by atoms with Crippen molar-refractivity contribution in [3.8, 4) is 0 Å². The lowest BCUT2D eigenvalue weighted by Crippen LogP contribution is -2.38. The average molecular weight is 532 g/mol. The molecular weight excluding hydrogens is 497 g/mol. The molecule has 0 unspecified atom stereocenters. The minimum atomic E-state index is 0. The lowest BCUT2D eigenvalue weighted by atomic mass is 10.2. The molecule has 2 aromatic heterocycles. The first-order valence-electron chi connectivity index (χ1n) is 10.5. The number of aromatic nitrogens is 4. The summed E-state index contributed by atoms with van der Waals surface area (Å²) in [5.41, 5.74) is 1.15. The highest BCUT2D eigenvalue weighted by Crippen LogP contribution is 2.16. The largest absolute Gasteiger partial charge is 0.357 e. The van der Waals surface area contributed by atoms with Crippen molar-refractivity contribution < 1.29 is 0 Å². The maximum atomic E-state index is 4.72. The van der Waals surface area contributed by atoms with Gasteiger partial charge >= 0.3 is 0 Å². The van der Waals surface area contributed by atoms with Crippen LogP contribution in [0.1, 0.15) is 59.8 Å². The van der Waals surface area contributed by atoms with E-state index in [1.807, 2.05) is 0 Å². The van der Waals surface area contributed by atoms with Crippen molar-refractivity contribution >= 4 is 41.3 Å². The van der Waals surface area contributed by atoms with Crippen LogP contribution in [0.5, 0.6) is 0 Å². The number of nitrogens with zero attached hydrogens (tertiary/aromatic N) is 5. The van der Waals surface area contributed by atoms with Crippen LogP contribution in [-0.4, -0.2) is 45.3 Å². The van der Waals surface area contributed by atoms with E-state index < -0.39 is 0 Å². The topological polar surface area (TPSA) is 80.0 Å². The number of nitrogens with one attached hydrogen (secondary N) is 2. The quantitative estimate of drug-likeness (QED) is 0.236. The summed E-state index contributed by atoms with van der Waals surface area (Å²) in [4.78, 5) is 10.6. The number of hydrogen-bond donors (Lipinski definition) is 2. The Morgan fingerprint density at radius 1 is 1.14 bits per heavy atom. The van der Waals surface area contributed by atoms with Gasteiger partial charge in [-0.15, -0.1) is 45.5 Å². The number of hydrogen-bond acceptors (Lipinski definition) is 5. The Labute approximate surface area is 195 Å². The smallest absolute Gasteiger partial charge is 0.191 e. The summed E-state index contributed by atoms with van der Waals surface area (Å²) in [7, 11) is 0. The normalized spacial score (nSPS) is 14.1. The Kier molecular flexibility index (Phi) is 10.3. The van der Waals surface area contributed by atoms with Gasteiger partial charge in [-0.3, -0.25) is 4.99 Å². The van der Waals surface area contributed by atoms with Crippen molar-refractivity contribution in [3.05, 3.63) is 27.2 Å². The number of fused-ring (bicyclic) bond motifs is 1. The van der Waals surface area contributed by atoms with Gasteiger partial charge in [-0.25, -0.2) is 4.98 Å². The van der Waals surface area contributed by atoms with Crippen LogP contribution in [0.25, 0.3) is 0 Å². The zero-order valence-electron chi connectivity index (χ0n) is 17.8. The van der Waals surface area contributed by atoms with Crippen molar-refractivity contribution in [3.63, 3.8) is 0 Å². The molecule has 0 bridgehead atoms. The first kappa shape index (κ1) is 24.0. The molecule has 0 saturated carbocycles. The zero-order valence-corrected chi connectivity index (χ0v) is 21.0. The van der Waals surface area contributed by atoms with Crippen LogP contribution in [0.3, 0.4) is 0 Å². The van der Waals surface area contributed by atoms with Gasteiger partial charge in [0.2, 0.25) is 0 Å². The van der Waals surface area contributed by atoms with Crippen molar-refractivity contribution in [1.82, 2.24) is 30.4 Å². The molecule has 9 heteroatoms. The van der Waals surface area contributed by atoms with Crippen LogP contribution in [-0.2, 0) is 25.8 Å². The molecule has 0 spiro atoms. The third-order valence-corrected chi connectivity index (χ3v) is 6.20. The Morgan fingerprint density at radius 2 is 2.00 bits per heavy atom. The minimum absolute atomic E-state index is 0. The monoisotopic (exact) mass is 531 g/mol. The molecule has 0 fully saturated rings. The van der Waals surface area contributed by atoms with E-state index >= 15 is 0 Å². The number of halogens is 1. The van der Waals surface area contributed by atoms with Crippen molar-refractivity contribution in [2.24, 2.45) is 4.99 Å². The summed E-state index contributed by atoms with van der Waals surface area (Å²) in [6, 6.07) is 0. The van der Waals surface area contributed by atoms with E-state index in [-0.39, 0.29) is 24.0 Å². The molecule has 162 valence electrons. The van der Waals surface area contributed by atoms with Crippen molar-refractivity contribution in [2.75, 3.05) is 19.6 Å². The molecule has 2 aromatic rings. The molecule has 0 amide bonds. The molecule has 29 heavy (non-hydrogen) atoms. The molecule has 0 saturated heterocycles. The van der Waals surface area contributed by atoms with Crippen LogP contribution in [0.4, 0.5) is 0 Å². The highest BCUT2D eigenvalue weighted by atomic mass is 127. The second-order valence-corrected chi connectivity index (χ2v) is 8.57. The third-order valence-electron chi connectivity index (χ3n) is 5.06. The van der Waals surface area contributed by atoms with Gasteiger partial charge in [-0.2, -0.15) is 0 Å². The van der Waals surface area contributed by atoms with Crippen LogP contribution in [0.2, 0.25) is 0 Å². The van der Waals surface area contributed by atoms with E-state index in [9.17, 15) is 0 Å². The summed E-state index contributed by atoms with van der Waals surface area (Å²) >= 11 is 1.79. The molecule has 0 aromatic carbocycles. The van der Waals surface area contributed by atoms with Gasteiger partial charge in [-0.1, -0.05) is 6.42 Å². The van der Waals surface area contributed by atoms with Crippen LogP contribution in [0, 0.1) is 13.8 Å². The number of thiazole rings is 1. The maximum absolute atomic E-state index is 4.72. The summed E-state index contributed by atoms with van der Waals surface area (Å²) in [5.74, 6) is 3.17. The molecule has 1 aliphatic heterocycles. The van der Waals surface area contributed by atoms with Crippen molar-refractivity contribution in [2.45, 2.75) is 72.3 Å². The number of guanidine groups is 1. The summed E-state index contributed by atoms with van der Waals surface area (Å²) < 4.78 is 2.33. The molecule has 7 nitrogen and oxygen atoms in total. The minimum Gasteiger partial charge on any atom is -0.357 e. The van der Waals surface area contributed by atoms with Crippen LogP contribution in [0.15, 0.2) is 4.99 Å². The van der Waals surface area contributed by atoms with Gasteiger partial charge in [0, 0.05) is 50.3 Å². The highest BCUT2D eigenvalue weighted by molar-refractivity contribution is 14.0. The number of aryl methyl sites for hydroxylation is 4. The fraction of sp³-hybridized carbons (Fsp3) is 0.700. The zero-order chi connectivity index (χ0) is 19.8. The highest BCUT2D eigenvalue weighted by Gasteiger charge is 2.14. The van der Waals surface area contributed by atoms with E-state index in [1.54, 1.807) is 11.3 Å². The van der Waals surface area contributed by atoms with E-state index in [2.05, 4.69) is 51.2 Å². The molecule has 0 radical (unpaired) electrons. The summed E-state index contributed by atoms with van der Waals surface area (Å²) in [6.45, 7) is 9.85. The number of rotatable bonds is 8. The van der Waals surface area contributed by atoms with Gasteiger partial charge in [0.05, 0.1) is 10.7 Å². The van der Waals surface area contributed by atoms with Gasteiger partial charge in [0.25, 0.3) is 0 Å². The lowest BCUT2D eigenvalue weighted by Gasteiger charge is -2.10. The van der Waals surface area contributed by atoms with Crippen LogP contribution >= 0.6 is 35.3 Å². The molecule has 0 atom stereocenters. The van der Waals surface area contributed by atoms with Crippen molar-refractivity contribution in [1.29, 1.82) is 0 Å². The predicted molar refractivity (Wildman–Crippen MR) is 131 cm³/mol. The fourth-order valence-electron chi connectivity index (χ4n) is 3.43. The Hall–Kier alpha value is -1.23. The molecule has 2 N–H and O–H groups in total. The van der Waals surface area contributed by atoms with E-state index in [0.29, 0.717) is 0 Å². The molecule has 0 aliphatic carbocycles. The molecule has 3 rings (SSSR count). The van der Waals surface area contributed by atoms with E-state index in [4.69, 9.17) is 4.99 Å². The Morgan fingerprint density at radius 3 is 2.76 bits per heavy atom. The Bertz CT molecular complexity index is 764. The number of aliphatic imine (C=N–C) groups is 1. The standard InChI is InChI=1S/C20H33N7S.HI/c1-4-21-20(23-13-11-19-24-15(2)16(3)28-19)22-12-8-10-18-26-25-17-9-6-5-7-14-27(17)18;/h4-14H2,1-3H3,(H2,21,22,23);1H. The average Bonchev–Trinajstić information content (AvgIpc) is 3.11. The molecular formula is C20H34IN7S. The van der Waals surface area contributed by atoms with Crippen LogP contribution < -0.4 is 10.6 Å². The summed E-state index contributed by atoms with van der Waals surface area (Å²) in [5, 5.41) is 16.7. The SMILES string of the molecule is CCNC(=NCCCc1nnc2n1CCCCC2)NCCc1nc(C)c(C)s1.I. The predicted octanol–water partition coefficient (Wildman–Crippen LogP) is 3.43. The third kappa shape index (κ3) is 7.20. The van der Waals surface area contributed by atoms with Gasteiger partial charge in [-0.05, 0) is 40.0 Å². The van der Waals surface area contributed by atoms with E-state index in [1.165, 1.54) is 35.0 Å². The van der Waals surface area contributed by atoms with Gasteiger partial charge in [0.15, 0.2) is 5.96 Å². The van der Waals surface area contributed by atoms with Gasteiger partial charge < -0.3 is 15.2 Å². The lowest BCUT2D eigenvalue weighted by molar-refractivity contribution is 0.597. The van der Waals surface area contributed by atoms with Gasteiger partial charge in [0.1, 0.15) is 11.6 Å². The first-order valence-corrected chi connectivity index (χ1v) is 11.3. The Balaban J connectivity index is 0.00000300. The molecule has 3 heterocycles. The first-order chi connectivity index (χ1) is 13.7. The fourth-order valence-corrected chi connectivity index (χ4v) is 4.37. The summed E-state index contributed by atoms with van der Waals surface area (Å²) in [6.07, 6.45) is 7.69. The maximum Gasteiger partial charge on any atom is 0.191 e. The molecule has 1 aliphatic rings. The second-order valence-electron chi connectivity index (χ2n) is 7.28. The second kappa shape index (κ2) is 12.5.